The summed E-state index contributed by atoms with van der Waals surface area (Å²) in [5, 5.41) is 0.660. The van der Waals surface area contributed by atoms with Crippen molar-refractivity contribution in [3.63, 3.8) is 0 Å². The average Bonchev–Trinajstić information content (AvgIpc) is 2.78. The van der Waals surface area contributed by atoms with Gasteiger partial charge in [-0.15, -0.1) is 0 Å². The molecule has 3 nitrogen and oxygen atoms in total. The Morgan fingerprint density at radius 1 is 1.04 bits per heavy atom. The van der Waals surface area contributed by atoms with Gasteiger partial charge in [-0.25, -0.2) is 0 Å². The summed E-state index contributed by atoms with van der Waals surface area (Å²) in [4.78, 5) is 17.7. The molecule has 2 aromatic rings. The van der Waals surface area contributed by atoms with Crippen LogP contribution in [0.3, 0.4) is 0 Å². The fourth-order valence-electron chi connectivity index (χ4n) is 4.66. The minimum absolute atomic E-state index is 0.103. The van der Waals surface area contributed by atoms with E-state index in [2.05, 4.69) is 36.2 Å². The van der Waals surface area contributed by atoms with Gasteiger partial charge in [0.1, 0.15) is 0 Å². The van der Waals surface area contributed by atoms with Gasteiger partial charge in [0.25, 0.3) is 5.91 Å². The van der Waals surface area contributed by atoms with Gasteiger partial charge in [-0.05, 0) is 68.2 Å². The van der Waals surface area contributed by atoms with Crippen LogP contribution in [0, 0.1) is 5.41 Å². The van der Waals surface area contributed by atoms with E-state index in [0.717, 1.165) is 26.1 Å². The molecule has 0 saturated carbocycles. The predicted molar refractivity (Wildman–Crippen MR) is 106 cm³/mol. The van der Waals surface area contributed by atoms with Crippen molar-refractivity contribution < 1.29 is 4.79 Å². The van der Waals surface area contributed by atoms with Gasteiger partial charge in [-0.1, -0.05) is 35.9 Å². The first-order valence-corrected chi connectivity index (χ1v) is 9.73. The van der Waals surface area contributed by atoms with Gasteiger partial charge >= 0.3 is 0 Å². The predicted octanol–water partition coefficient (Wildman–Crippen LogP) is 4.25. The first-order valence-electron chi connectivity index (χ1n) is 9.35. The van der Waals surface area contributed by atoms with Crippen molar-refractivity contribution >= 4 is 17.5 Å². The molecule has 0 aromatic heterocycles. The van der Waals surface area contributed by atoms with Gasteiger partial charge in [0, 0.05) is 35.6 Å². The lowest BCUT2D eigenvalue weighted by atomic mass is 9.75. The highest BCUT2D eigenvalue weighted by molar-refractivity contribution is 6.30. The number of halogens is 1. The molecule has 1 spiro atoms. The number of nitrogens with zero attached hydrogens (tertiary/aromatic N) is 2. The Balaban J connectivity index is 1.69. The summed E-state index contributed by atoms with van der Waals surface area (Å²) in [6.07, 6.45) is 3.43. The van der Waals surface area contributed by atoms with Gasteiger partial charge in [0.05, 0.1) is 0 Å². The Morgan fingerprint density at radius 2 is 1.77 bits per heavy atom. The molecular formula is C22H25ClN2O. The number of hydrogen-bond acceptors (Lipinski definition) is 2. The van der Waals surface area contributed by atoms with E-state index in [1.165, 1.54) is 24.0 Å². The molecule has 2 aromatic carbocycles. The fourth-order valence-corrected chi connectivity index (χ4v) is 4.78. The van der Waals surface area contributed by atoms with Crippen molar-refractivity contribution in [2.24, 2.45) is 5.41 Å². The Bertz CT molecular complexity index is 804. The average molecular weight is 369 g/mol. The number of rotatable bonds is 1. The third-order valence-electron chi connectivity index (χ3n) is 5.80. The van der Waals surface area contributed by atoms with E-state index in [1.807, 2.05) is 17.0 Å². The molecule has 1 fully saturated rings. The van der Waals surface area contributed by atoms with Gasteiger partial charge < -0.3 is 9.80 Å². The fraction of sp³-hybridized carbons (Fsp3) is 0.409. The second kappa shape index (κ2) is 7.05. The number of benzene rings is 2. The summed E-state index contributed by atoms with van der Waals surface area (Å²) in [6.45, 7) is 3.69. The molecule has 2 heterocycles. The van der Waals surface area contributed by atoms with E-state index < -0.39 is 0 Å². The van der Waals surface area contributed by atoms with Crippen LogP contribution in [0.2, 0.25) is 5.02 Å². The second-order valence-corrected chi connectivity index (χ2v) is 8.39. The number of carbonyl (C=O) groups excluding carboxylic acids is 1. The van der Waals surface area contributed by atoms with E-state index in [0.29, 0.717) is 17.1 Å². The normalized spacial score (nSPS) is 23.5. The van der Waals surface area contributed by atoms with Crippen molar-refractivity contribution in [3.05, 3.63) is 70.2 Å². The summed E-state index contributed by atoms with van der Waals surface area (Å²) in [5.41, 5.74) is 3.53. The molecule has 1 saturated heterocycles. The minimum Gasteiger partial charge on any atom is -0.334 e. The quantitative estimate of drug-likeness (QED) is 0.751. The summed E-state index contributed by atoms with van der Waals surface area (Å²) < 4.78 is 0. The first kappa shape index (κ1) is 17.6. The van der Waals surface area contributed by atoms with Crippen LogP contribution in [-0.2, 0) is 13.0 Å². The van der Waals surface area contributed by atoms with Crippen molar-refractivity contribution in [1.82, 2.24) is 9.80 Å². The maximum absolute atomic E-state index is 13.3. The minimum atomic E-state index is 0.103. The maximum atomic E-state index is 13.3. The number of carbonyl (C=O) groups is 1. The van der Waals surface area contributed by atoms with Crippen LogP contribution in [0.4, 0.5) is 0 Å². The maximum Gasteiger partial charge on any atom is 0.254 e. The topological polar surface area (TPSA) is 23.6 Å². The highest BCUT2D eigenvalue weighted by atomic mass is 35.5. The lowest BCUT2D eigenvalue weighted by Crippen LogP contribution is -2.49. The molecule has 0 N–H and O–H groups in total. The Hall–Kier alpha value is -1.84. The van der Waals surface area contributed by atoms with Crippen LogP contribution in [0.1, 0.15) is 34.3 Å². The van der Waals surface area contributed by atoms with Crippen LogP contribution < -0.4 is 0 Å². The SMILES string of the molecule is CN1CCCC2(Cc3ccccc3CN(C(=O)c3ccc(Cl)cc3)C2)C1. The molecule has 1 unspecified atom stereocenters. The van der Waals surface area contributed by atoms with Crippen LogP contribution in [0.5, 0.6) is 0 Å². The number of hydrogen-bond donors (Lipinski definition) is 0. The molecule has 2 aliphatic rings. The molecule has 0 aliphatic carbocycles. The van der Waals surface area contributed by atoms with Crippen molar-refractivity contribution in [1.29, 1.82) is 0 Å². The van der Waals surface area contributed by atoms with Crippen LogP contribution in [0.25, 0.3) is 0 Å². The number of amides is 1. The highest BCUT2D eigenvalue weighted by Gasteiger charge is 2.40. The molecule has 0 bridgehead atoms. The molecule has 0 radical (unpaired) electrons. The Morgan fingerprint density at radius 3 is 2.50 bits per heavy atom. The molecule has 4 heteroatoms. The van der Waals surface area contributed by atoms with E-state index in [9.17, 15) is 4.79 Å². The third kappa shape index (κ3) is 3.51. The monoisotopic (exact) mass is 368 g/mol. The molecular weight excluding hydrogens is 344 g/mol. The van der Waals surface area contributed by atoms with Crippen molar-refractivity contribution in [3.8, 4) is 0 Å². The van der Waals surface area contributed by atoms with Crippen molar-refractivity contribution in [2.45, 2.75) is 25.8 Å². The lowest BCUT2D eigenvalue weighted by molar-refractivity contribution is 0.0470. The second-order valence-electron chi connectivity index (χ2n) is 7.95. The summed E-state index contributed by atoms with van der Waals surface area (Å²) in [7, 11) is 2.20. The third-order valence-corrected chi connectivity index (χ3v) is 6.05. The molecule has 136 valence electrons. The van der Waals surface area contributed by atoms with Gasteiger partial charge in [-0.3, -0.25) is 4.79 Å². The first-order chi connectivity index (χ1) is 12.5. The molecule has 2 aliphatic heterocycles. The van der Waals surface area contributed by atoms with Gasteiger partial charge in [-0.2, -0.15) is 0 Å². The lowest BCUT2D eigenvalue weighted by Gasteiger charge is -2.43. The van der Waals surface area contributed by atoms with Crippen LogP contribution in [-0.4, -0.2) is 42.4 Å². The largest absolute Gasteiger partial charge is 0.334 e. The highest BCUT2D eigenvalue weighted by Crippen LogP contribution is 2.38. The summed E-state index contributed by atoms with van der Waals surface area (Å²) in [5.74, 6) is 0.103. The van der Waals surface area contributed by atoms with E-state index >= 15 is 0 Å². The number of fused-ring (bicyclic) bond motifs is 1. The van der Waals surface area contributed by atoms with E-state index in [-0.39, 0.29) is 11.3 Å². The Labute approximate surface area is 160 Å². The van der Waals surface area contributed by atoms with Gasteiger partial charge in [0.15, 0.2) is 0 Å². The zero-order chi connectivity index (χ0) is 18.1. The molecule has 1 atom stereocenters. The van der Waals surface area contributed by atoms with E-state index in [4.69, 9.17) is 11.6 Å². The zero-order valence-electron chi connectivity index (χ0n) is 15.2. The smallest absolute Gasteiger partial charge is 0.254 e. The zero-order valence-corrected chi connectivity index (χ0v) is 16.0. The van der Waals surface area contributed by atoms with Crippen molar-refractivity contribution in [2.75, 3.05) is 26.7 Å². The van der Waals surface area contributed by atoms with Crippen LogP contribution >= 0.6 is 11.6 Å². The summed E-state index contributed by atoms with van der Waals surface area (Å²) in [6, 6.07) is 15.9. The number of likely N-dealkylation sites (tertiary alicyclic amines) is 1. The molecule has 1 amide bonds. The standard InChI is InChI=1S/C22H25ClN2O/c1-24-12-4-11-22(15-24)13-18-5-2-3-6-19(18)14-25(16-22)21(26)17-7-9-20(23)10-8-17/h2-3,5-10H,4,11-16H2,1H3. The van der Waals surface area contributed by atoms with E-state index in [1.54, 1.807) is 12.1 Å². The number of piperidine rings is 1. The molecule has 26 heavy (non-hydrogen) atoms. The Kier molecular flexibility index (Phi) is 4.76. The van der Waals surface area contributed by atoms with Crippen LogP contribution in [0.15, 0.2) is 48.5 Å². The molecule has 4 rings (SSSR count). The van der Waals surface area contributed by atoms with Gasteiger partial charge in [0.2, 0.25) is 0 Å². The summed E-state index contributed by atoms with van der Waals surface area (Å²) >= 11 is 6.00.